The molecule has 0 aliphatic heterocycles. The predicted octanol–water partition coefficient (Wildman–Crippen LogP) is 2.63. The first-order chi connectivity index (χ1) is 7.04. The Balaban J connectivity index is -0.000000200. The van der Waals surface area contributed by atoms with Gasteiger partial charge in [-0.15, -0.1) is 0 Å². The molecule has 5 N–H and O–H groups in total. The summed E-state index contributed by atoms with van der Waals surface area (Å²) in [4.78, 5) is 20.4. The number of ketones is 2. The molecule has 0 aromatic carbocycles. The zero-order valence-corrected chi connectivity index (χ0v) is 11.1. The van der Waals surface area contributed by atoms with Gasteiger partial charge in [0.25, 0.3) is 0 Å². The fourth-order valence-corrected chi connectivity index (χ4v) is 0.923. The number of carbonyl (C=O) groups excluding carboxylic acids is 2. The maximum atomic E-state index is 10.2. The van der Waals surface area contributed by atoms with Gasteiger partial charge in [0.15, 0.2) is 0 Å². The Kier molecular flexibility index (Phi) is 21.5. The maximum Gasteiger partial charge on any atom is 0.130 e. The van der Waals surface area contributed by atoms with Gasteiger partial charge in [-0.2, -0.15) is 0 Å². The summed E-state index contributed by atoms with van der Waals surface area (Å²) in [6, 6.07) is 0. The van der Waals surface area contributed by atoms with Crippen LogP contribution in [0.15, 0.2) is 0 Å². The van der Waals surface area contributed by atoms with Crippen molar-refractivity contribution in [3.05, 3.63) is 0 Å². The number of nitrogens with two attached hydrogens (primary N) is 1. The van der Waals surface area contributed by atoms with Crippen molar-refractivity contribution in [3.63, 3.8) is 0 Å². The Morgan fingerprint density at radius 1 is 0.938 bits per heavy atom. The molecule has 0 saturated heterocycles. The van der Waals surface area contributed by atoms with Crippen molar-refractivity contribution in [3.8, 4) is 0 Å². The first-order valence-corrected chi connectivity index (χ1v) is 5.73. The van der Waals surface area contributed by atoms with E-state index in [0.29, 0.717) is 12.8 Å². The summed E-state index contributed by atoms with van der Waals surface area (Å²) in [5.74, 6) is 0.167. The summed E-state index contributed by atoms with van der Waals surface area (Å²) in [6.07, 6.45) is 5.96. The minimum atomic E-state index is 0. The zero-order valence-electron chi connectivity index (χ0n) is 11.1. The van der Waals surface area contributed by atoms with E-state index in [1.54, 1.807) is 0 Å². The van der Waals surface area contributed by atoms with Crippen LogP contribution in [0.3, 0.4) is 0 Å². The molecule has 0 heterocycles. The lowest BCUT2D eigenvalue weighted by Gasteiger charge is -1.90. The number of hydrogen-bond acceptors (Lipinski definition) is 4. The third kappa shape index (κ3) is 29.2. The molecule has 0 aromatic rings. The van der Waals surface area contributed by atoms with Crippen molar-refractivity contribution in [1.82, 2.24) is 6.15 Å². The third-order valence-corrected chi connectivity index (χ3v) is 1.89. The van der Waals surface area contributed by atoms with Crippen LogP contribution in [-0.2, 0) is 9.59 Å². The Morgan fingerprint density at radius 3 is 1.62 bits per heavy atom. The standard InChI is InChI=1S/C6H15N.C6H10O2.H3N/c1-2-3-4-5-6-7;1-5(7)3-4-6(2)8;/h2-7H2,1H3;3-4H2,1-2H3;1H3. The third-order valence-electron chi connectivity index (χ3n) is 1.89. The summed E-state index contributed by atoms with van der Waals surface area (Å²) in [5.41, 5.74) is 5.27. The second-order valence-corrected chi connectivity index (χ2v) is 3.75. The zero-order chi connectivity index (χ0) is 12.1. The second-order valence-electron chi connectivity index (χ2n) is 3.75. The largest absolute Gasteiger partial charge is 0.344 e. The van der Waals surface area contributed by atoms with Gasteiger partial charge in [0, 0.05) is 12.8 Å². The Labute approximate surface area is 99.6 Å². The number of rotatable bonds is 7. The lowest BCUT2D eigenvalue weighted by atomic mass is 10.2. The van der Waals surface area contributed by atoms with E-state index in [-0.39, 0.29) is 17.7 Å². The number of hydrogen-bond donors (Lipinski definition) is 2. The molecule has 0 unspecified atom stereocenters. The van der Waals surface area contributed by atoms with Crippen molar-refractivity contribution in [2.24, 2.45) is 5.73 Å². The smallest absolute Gasteiger partial charge is 0.130 e. The minimum Gasteiger partial charge on any atom is -0.344 e. The van der Waals surface area contributed by atoms with Crippen LogP contribution in [0.2, 0.25) is 0 Å². The number of carbonyl (C=O) groups is 2. The van der Waals surface area contributed by atoms with Crippen LogP contribution in [0, 0.1) is 0 Å². The van der Waals surface area contributed by atoms with Crippen LogP contribution in [0.25, 0.3) is 0 Å². The molecule has 0 rings (SSSR count). The number of Topliss-reactive ketones (excluding diaryl/α,β-unsaturated/α-hetero) is 2. The van der Waals surface area contributed by atoms with Gasteiger partial charge in [0.2, 0.25) is 0 Å². The van der Waals surface area contributed by atoms with Crippen LogP contribution in [0.1, 0.15) is 59.3 Å². The van der Waals surface area contributed by atoms with E-state index in [1.165, 1.54) is 39.5 Å². The summed E-state index contributed by atoms with van der Waals surface area (Å²) in [5, 5.41) is 0. The fraction of sp³-hybridized carbons (Fsp3) is 0.833. The van der Waals surface area contributed by atoms with Gasteiger partial charge in [0.1, 0.15) is 11.6 Å². The normalized spacial score (nSPS) is 8.50. The van der Waals surface area contributed by atoms with Gasteiger partial charge in [-0.3, -0.25) is 0 Å². The SMILES string of the molecule is CC(=O)CCC(C)=O.CCCCCCN.N. The highest BCUT2D eigenvalue weighted by Gasteiger charge is 1.95. The van der Waals surface area contributed by atoms with Gasteiger partial charge < -0.3 is 21.5 Å². The molecule has 0 fully saturated rings. The maximum absolute atomic E-state index is 10.2. The molecule has 0 aromatic heterocycles. The number of unbranched alkanes of at least 4 members (excludes halogenated alkanes) is 3. The van der Waals surface area contributed by atoms with Crippen molar-refractivity contribution in [1.29, 1.82) is 0 Å². The van der Waals surface area contributed by atoms with Gasteiger partial charge in [0.05, 0.1) is 0 Å². The van der Waals surface area contributed by atoms with Crippen LogP contribution >= 0.6 is 0 Å². The molecule has 0 spiro atoms. The first kappa shape index (κ1) is 20.6. The molecule has 0 amide bonds. The highest BCUT2D eigenvalue weighted by molar-refractivity contribution is 5.83. The van der Waals surface area contributed by atoms with Gasteiger partial charge in [-0.1, -0.05) is 26.2 Å². The molecule has 4 heteroatoms. The molecule has 0 bridgehead atoms. The Hall–Kier alpha value is -0.740. The average Bonchev–Trinajstić information content (AvgIpc) is 2.17. The fourth-order valence-electron chi connectivity index (χ4n) is 0.923. The topological polar surface area (TPSA) is 95.2 Å². The molecule has 0 saturated carbocycles. The summed E-state index contributed by atoms with van der Waals surface area (Å²) >= 11 is 0. The van der Waals surface area contributed by atoms with Gasteiger partial charge >= 0.3 is 0 Å². The van der Waals surface area contributed by atoms with Gasteiger partial charge in [-0.25, -0.2) is 0 Å². The quantitative estimate of drug-likeness (QED) is 0.659. The van der Waals surface area contributed by atoms with Crippen LogP contribution in [0.5, 0.6) is 0 Å². The summed E-state index contributed by atoms with van der Waals surface area (Å²) in [7, 11) is 0. The van der Waals surface area contributed by atoms with E-state index < -0.39 is 0 Å². The summed E-state index contributed by atoms with van der Waals surface area (Å²) in [6.45, 7) is 6.04. The molecule has 16 heavy (non-hydrogen) atoms. The highest BCUT2D eigenvalue weighted by Crippen LogP contribution is 1.95. The van der Waals surface area contributed by atoms with Crippen LogP contribution in [0.4, 0.5) is 0 Å². The molecular formula is C12H28N2O2. The monoisotopic (exact) mass is 232 g/mol. The van der Waals surface area contributed by atoms with Crippen molar-refractivity contribution in [2.45, 2.75) is 59.3 Å². The molecular weight excluding hydrogens is 204 g/mol. The first-order valence-electron chi connectivity index (χ1n) is 5.73. The molecule has 98 valence electrons. The predicted molar refractivity (Wildman–Crippen MR) is 68.8 cm³/mol. The lowest BCUT2D eigenvalue weighted by Crippen LogP contribution is -1.97. The molecule has 0 radical (unpaired) electrons. The Morgan fingerprint density at radius 2 is 1.38 bits per heavy atom. The Bertz CT molecular complexity index is 152. The molecule has 0 atom stereocenters. The van der Waals surface area contributed by atoms with Crippen molar-refractivity contribution < 1.29 is 9.59 Å². The lowest BCUT2D eigenvalue weighted by molar-refractivity contribution is -0.122. The van der Waals surface area contributed by atoms with E-state index >= 15 is 0 Å². The summed E-state index contributed by atoms with van der Waals surface area (Å²) < 4.78 is 0. The van der Waals surface area contributed by atoms with E-state index in [2.05, 4.69) is 6.92 Å². The minimum absolute atomic E-state index is 0. The van der Waals surface area contributed by atoms with E-state index in [0.717, 1.165) is 6.54 Å². The van der Waals surface area contributed by atoms with Crippen LogP contribution < -0.4 is 11.9 Å². The second kappa shape index (κ2) is 16.7. The average molecular weight is 232 g/mol. The van der Waals surface area contributed by atoms with E-state index in [4.69, 9.17) is 5.73 Å². The molecule has 0 aliphatic rings. The van der Waals surface area contributed by atoms with Crippen LogP contribution in [-0.4, -0.2) is 18.1 Å². The van der Waals surface area contributed by atoms with E-state index in [1.807, 2.05) is 0 Å². The molecule has 4 nitrogen and oxygen atoms in total. The highest BCUT2D eigenvalue weighted by atomic mass is 16.1. The molecule has 0 aliphatic carbocycles. The van der Waals surface area contributed by atoms with Crippen molar-refractivity contribution in [2.75, 3.05) is 6.54 Å². The van der Waals surface area contributed by atoms with Crippen molar-refractivity contribution >= 4 is 11.6 Å². The van der Waals surface area contributed by atoms with Gasteiger partial charge in [-0.05, 0) is 26.8 Å². The van der Waals surface area contributed by atoms with E-state index in [9.17, 15) is 9.59 Å².